The summed E-state index contributed by atoms with van der Waals surface area (Å²) in [4.78, 5) is 9.06. The fourth-order valence-corrected chi connectivity index (χ4v) is 2.66. The highest BCUT2D eigenvalue weighted by atomic mass is 16.5. The molecule has 21 heavy (non-hydrogen) atoms. The first kappa shape index (κ1) is 16.1. The van der Waals surface area contributed by atoms with Gasteiger partial charge in [-0.2, -0.15) is 4.98 Å². The zero-order valence-corrected chi connectivity index (χ0v) is 13.7. The Labute approximate surface area is 128 Å². The van der Waals surface area contributed by atoms with Gasteiger partial charge in [0.15, 0.2) is 0 Å². The second-order valence-corrected chi connectivity index (χ2v) is 6.40. The van der Waals surface area contributed by atoms with Gasteiger partial charge in [0.05, 0.1) is 6.61 Å². The minimum absolute atomic E-state index is 0.503. The first-order valence-corrected chi connectivity index (χ1v) is 8.44. The van der Waals surface area contributed by atoms with Gasteiger partial charge in [-0.1, -0.05) is 46.5 Å². The summed E-state index contributed by atoms with van der Waals surface area (Å²) < 4.78 is 5.77. The molecule has 4 heteroatoms. The van der Waals surface area contributed by atoms with E-state index in [1.807, 2.05) is 6.07 Å². The summed E-state index contributed by atoms with van der Waals surface area (Å²) in [5.74, 6) is 2.98. The molecule has 2 rings (SSSR count). The Morgan fingerprint density at radius 2 is 1.90 bits per heavy atom. The molecule has 1 aromatic heterocycles. The van der Waals surface area contributed by atoms with E-state index < -0.39 is 0 Å². The van der Waals surface area contributed by atoms with Crippen molar-refractivity contribution in [1.82, 2.24) is 9.97 Å². The van der Waals surface area contributed by atoms with E-state index in [0.717, 1.165) is 18.1 Å². The Morgan fingerprint density at radius 1 is 1.19 bits per heavy atom. The molecule has 0 saturated heterocycles. The van der Waals surface area contributed by atoms with Crippen LogP contribution >= 0.6 is 0 Å². The average Bonchev–Trinajstić information content (AvgIpc) is 2.73. The largest absolute Gasteiger partial charge is 0.477 e. The lowest BCUT2D eigenvalue weighted by Crippen LogP contribution is -2.20. The summed E-state index contributed by atoms with van der Waals surface area (Å²) in [5, 5.41) is 3.59. The Hall–Kier alpha value is -1.32. The van der Waals surface area contributed by atoms with E-state index in [2.05, 4.69) is 36.1 Å². The first-order chi connectivity index (χ1) is 10.2. The molecule has 1 aliphatic carbocycles. The predicted octanol–water partition coefficient (Wildman–Crippen LogP) is 4.21. The molecule has 1 N–H and O–H groups in total. The van der Waals surface area contributed by atoms with Crippen molar-refractivity contribution in [3.05, 3.63) is 11.9 Å². The molecule has 0 spiro atoms. The molecule has 1 aliphatic rings. The molecule has 0 unspecified atom stereocenters. The second kappa shape index (κ2) is 8.20. The third kappa shape index (κ3) is 5.52. The quantitative estimate of drug-likeness (QED) is 0.798. The van der Waals surface area contributed by atoms with Gasteiger partial charge in [0.1, 0.15) is 11.6 Å². The minimum Gasteiger partial charge on any atom is -0.477 e. The van der Waals surface area contributed by atoms with Gasteiger partial charge in [0, 0.05) is 18.5 Å². The van der Waals surface area contributed by atoms with E-state index in [4.69, 9.17) is 4.74 Å². The number of hydrogen-bond donors (Lipinski definition) is 1. The van der Waals surface area contributed by atoms with E-state index >= 15 is 0 Å². The van der Waals surface area contributed by atoms with Crippen molar-refractivity contribution in [2.75, 3.05) is 11.9 Å². The molecule has 118 valence electrons. The molecule has 4 nitrogen and oxygen atoms in total. The van der Waals surface area contributed by atoms with Gasteiger partial charge in [-0.05, 0) is 18.8 Å². The molecule has 0 atom stereocenters. The van der Waals surface area contributed by atoms with Crippen LogP contribution in [0.1, 0.15) is 65.1 Å². The first-order valence-electron chi connectivity index (χ1n) is 8.44. The van der Waals surface area contributed by atoms with E-state index in [0.29, 0.717) is 24.4 Å². The van der Waals surface area contributed by atoms with Crippen molar-refractivity contribution in [1.29, 1.82) is 0 Å². The van der Waals surface area contributed by atoms with Crippen molar-refractivity contribution in [3.63, 3.8) is 0 Å². The van der Waals surface area contributed by atoms with Crippen LogP contribution in [0.25, 0.3) is 0 Å². The Balaban J connectivity index is 2.04. The van der Waals surface area contributed by atoms with Gasteiger partial charge < -0.3 is 10.1 Å². The van der Waals surface area contributed by atoms with Crippen molar-refractivity contribution in [2.45, 2.75) is 71.8 Å². The maximum absolute atomic E-state index is 5.77. The highest BCUT2D eigenvalue weighted by Gasteiger charge is 2.14. The van der Waals surface area contributed by atoms with Gasteiger partial charge in [-0.3, -0.25) is 0 Å². The fourth-order valence-electron chi connectivity index (χ4n) is 2.66. The molecule has 0 amide bonds. The van der Waals surface area contributed by atoms with Crippen LogP contribution in [-0.2, 0) is 6.42 Å². The molecular formula is C17H29N3O. The van der Waals surface area contributed by atoms with Crippen LogP contribution in [0.5, 0.6) is 5.88 Å². The molecule has 0 aromatic carbocycles. The van der Waals surface area contributed by atoms with Gasteiger partial charge in [-0.25, -0.2) is 4.98 Å². The summed E-state index contributed by atoms with van der Waals surface area (Å²) in [6.45, 7) is 7.07. The van der Waals surface area contributed by atoms with Crippen molar-refractivity contribution >= 4 is 5.82 Å². The van der Waals surface area contributed by atoms with Crippen molar-refractivity contribution in [3.8, 4) is 5.88 Å². The van der Waals surface area contributed by atoms with Gasteiger partial charge >= 0.3 is 0 Å². The van der Waals surface area contributed by atoms with E-state index in [1.54, 1.807) is 0 Å². The zero-order chi connectivity index (χ0) is 15.1. The highest BCUT2D eigenvalue weighted by molar-refractivity contribution is 5.39. The Bertz CT molecular complexity index is 426. The van der Waals surface area contributed by atoms with Gasteiger partial charge in [-0.15, -0.1) is 0 Å². The van der Waals surface area contributed by atoms with E-state index in [-0.39, 0.29) is 0 Å². The third-order valence-electron chi connectivity index (χ3n) is 3.84. The number of ether oxygens (including phenoxy) is 1. The molecule has 0 bridgehead atoms. The number of hydrogen-bond acceptors (Lipinski definition) is 4. The van der Waals surface area contributed by atoms with Crippen LogP contribution in [0.2, 0.25) is 0 Å². The van der Waals surface area contributed by atoms with E-state index in [1.165, 1.54) is 38.5 Å². The number of rotatable bonds is 6. The lowest BCUT2D eigenvalue weighted by Gasteiger charge is -2.18. The molecule has 1 saturated carbocycles. The lowest BCUT2D eigenvalue weighted by atomic mass is 10.1. The summed E-state index contributed by atoms with van der Waals surface area (Å²) in [5.41, 5.74) is 0. The molecular weight excluding hydrogens is 262 g/mol. The number of nitrogens with one attached hydrogen (secondary N) is 1. The summed E-state index contributed by atoms with van der Waals surface area (Å²) in [7, 11) is 0. The Morgan fingerprint density at radius 3 is 2.52 bits per heavy atom. The number of anilines is 1. The highest BCUT2D eigenvalue weighted by Crippen LogP contribution is 2.22. The topological polar surface area (TPSA) is 47.0 Å². The van der Waals surface area contributed by atoms with Gasteiger partial charge in [0.2, 0.25) is 5.88 Å². The maximum Gasteiger partial charge on any atom is 0.218 e. The monoisotopic (exact) mass is 291 g/mol. The standard InChI is InChI=1S/C17H29N3O/c1-4-15-19-16(11-17(20-15)21-12-13(2)3)18-14-9-7-5-6-8-10-14/h11,13-14H,4-10,12H2,1-3H3,(H,18,19,20). The van der Waals surface area contributed by atoms with Crippen LogP contribution in [-0.4, -0.2) is 22.6 Å². The SMILES string of the molecule is CCc1nc(NC2CCCCCC2)cc(OCC(C)C)n1. The molecule has 1 fully saturated rings. The molecule has 0 aliphatic heterocycles. The third-order valence-corrected chi connectivity index (χ3v) is 3.84. The van der Waals surface area contributed by atoms with Crippen LogP contribution in [0.4, 0.5) is 5.82 Å². The van der Waals surface area contributed by atoms with E-state index in [9.17, 15) is 0 Å². The average molecular weight is 291 g/mol. The van der Waals surface area contributed by atoms with Crippen molar-refractivity contribution in [2.24, 2.45) is 5.92 Å². The fraction of sp³-hybridized carbons (Fsp3) is 0.765. The van der Waals surface area contributed by atoms with Crippen LogP contribution in [0.3, 0.4) is 0 Å². The van der Waals surface area contributed by atoms with Crippen molar-refractivity contribution < 1.29 is 4.74 Å². The number of aryl methyl sites for hydroxylation is 1. The molecule has 0 radical (unpaired) electrons. The molecule has 1 aromatic rings. The van der Waals surface area contributed by atoms with Crippen LogP contribution in [0, 0.1) is 5.92 Å². The maximum atomic E-state index is 5.77. The second-order valence-electron chi connectivity index (χ2n) is 6.40. The normalized spacial score (nSPS) is 16.8. The zero-order valence-electron chi connectivity index (χ0n) is 13.7. The van der Waals surface area contributed by atoms with Gasteiger partial charge in [0.25, 0.3) is 0 Å². The summed E-state index contributed by atoms with van der Waals surface area (Å²) in [6.07, 6.45) is 8.69. The predicted molar refractivity (Wildman–Crippen MR) is 86.9 cm³/mol. The summed E-state index contributed by atoms with van der Waals surface area (Å²) in [6, 6.07) is 2.50. The smallest absolute Gasteiger partial charge is 0.218 e. The van der Waals surface area contributed by atoms with Crippen LogP contribution < -0.4 is 10.1 Å². The molecule has 1 heterocycles. The minimum atomic E-state index is 0.503. The Kier molecular flexibility index (Phi) is 6.27. The lowest BCUT2D eigenvalue weighted by molar-refractivity contribution is 0.260. The number of nitrogens with zero attached hydrogens (tertiary/aromatic N) is 2. The van der Waals surface area contributed by atoms with Crippen LogP contribution in [0.15, 0.2) is 6.07 Å². The summed E-state index contributed by atoms with van der Waals surface area (Å²) >= 11 is 0. The number of aromatic nitrogens is 2.